The lowest BCUT2D eigenvalue weighted by atomic mass is 9.88. The number of pyridine rings is 1. The summed E-state index contributed by atoms with van der Waals surface area (Å²) in [5, 5.41) is 3.00. The highest BCUT2D eigenvalue weighted by Crippen LogP contribution is 2.35. The molecule has 0 saturated carbocycles. The van der Waals surface area contributed by atoms with E-state index in [4.69, 9.17) is 0 Å². The molecule has 1 unspecified atom stereocenters. The molecule has 1 fully saturated rings. The van der Waals surface area contributed by atoms with E-state index in [1.165, 1.54) is 33.2 Å². The van der Waals surface area contributed by atoms with Gasteiger partial charge in [-0.05, 0) is 48.3 Å². The minimum absolute atomic E-state index is 0.0814. The van der Waals surface area contributed by atoms with Crippen LogP contribution in [-0.4, -0.2) is 58.7 Å². The standard InChI is InChI=1S/C26H32N4O4/c1-15(2)11-20-24(32)28-22(19-12-16-7-5-6-8-17(16)13-19)25(33)30(20)23(26(34)29(3)4)18-9-10-21(31)27-14-18/h5-10,14-15,19-20,22-23H,11-13H2,1-4H3,(H,27,31)(H,28,32)/t20-,22?,23-/m1/s1. The molecule has 0 radical (unpaired) electrons. The second-order valence-electron chi connectivity index (χ2n) is 9.94. The fourth-order valence-corrected chi connectivity index (χ4v) is 5.13. The first-order valence-corrected chi connectivity index (χ1v) is 11.8. The molecule has 0 bridgehead atoms. The fourth-order valence-electron chi connectivity index (χ4n) is 5.13. The van der Waals surface area contributed by atoms with Gasteiger partial charge in [-0.1, -0.05) is 38.1 Å². The molecule has 4 rings (SSSR count). The van der Waals surface area contributed by atoms with Gasteiger partial charge in [0, 0.05) is 31.9 Å². The Kier molecular flexibility index (Phi) is 6.59. The third-order valence-electron chi connectivity index (χ3n) is 6.78. The molecule has 1 aliphatic heterocycles. The molecule has 1 aromatic carbocycles. The molecule has 1 aliphatic carbocycles. The third-order valence-corrected chi connectivity index (χ3v) is 6.78. The lowest BCUT2D eigenvalue weighted by Gasteiger charge is -2.45. The number of benzene rings is 1. The van der Waals surface area contributed by atoms with Gasteiger partial charge in [-0.15, -0.1) is 0 Å². The average molecular weight is 465 g/mol. The van der Waals surface area contributed by atoms with Crippen molar-refractivity contribution in [2.45, 2.75) is 51.2 Å². The Morgan fingerprint density at radius 2 is 1.71 bits per heavy atom. The lowest BCUT2D eigenvalue weighted by Crippen LogP contribution is -2.67. The summed E-state index contributed by atoms with van der Waals surface area (Å²) in [7, 11) is 3.25. The second kappa shape index (κ2) is 9.44. The van der Waals surface area contributed by atoms with Crippen molar-refractivity contribution in [1.29, 1.82) is 0 Å². The number of amides is 3. The highest BCUT2D eigenvalue weighted by Gasteiger charge is 2.49. The van der Waals surface area contributed by atoms with E-state index in [-0.39, 0.29) is 35.1 Å². The van der Waals surface area contributed by atoms with Gasteiger partial charge >= 0.3 is 0 Å². The number of carbonyl (C=O) groups excluding carboxylic acids is 3. The van der Waals surface area contributed by atoms with Crippen LogP contribution in [0.15, 0.2) is 47.4 Å². The maximum absolute atomic E-state index is 14.1. The molecule has 0 spiro atoms. The molecule has 2 heterocycles. The van der Waals surface area contributed by atoms with Crippen molar-refractivity contribution in [3.05, 3.63) is 69.6 Å². The molecule has 8 heteroatoms. The summed E-state index contributed by atoms with van der Waals surface area (Å²) in [5.41, 5.74) is 2.55. The van der Waals surface area contributed by atoms with E-state index in [2.05, 4.69) is 22.4 Å². The number of rotatable bonds is 6. The Hall–Kier alpha value is -3.42. The van der Waals surface area contributed by atoms with Crippen molar-refractivity contribution in [3.8, 4) is 0 Å². The molecular formula is C26H32N4O4. The number of likely N-dealkylation sites (N-methyl/N-ethyl adjacent to an activating group) is 1. The molecule has 3 atom stereocenters. The van der Waals surface area contributed by atoms with Gasteiger partial charge < -0.3 is 20.1 Å². The van der Waals surface area contributed by atoms with Crippen molar-refractivity contribution in [2.75, 3.05) is 14.1 Å². The number of nitrogens with zero attached hydrogens (tertiary/aromatic N) is 2. The number of H-pyrrole nitrogens is 1. The SMILES string of the molecule is CC(C)C[C@@H]1C(=O)NC(C2Cc3ccccc3C2)C(=O)N1[C@@H](C(=O)N(C)C)c1ccc(=O)[nH]c1. The normalized spacial score (nSPS) is 21.4. The topological polar surface area (TPSA) is 103 Å². The van der Waals surface area contributed by atoms with Crippen LogP contribution in [0.1, 0.15) is 43.0 Å². The number of piperazine rings is 1. The van der Waals surface area contributed by atoms with E-state index in [0.29, 0.717) is 24.8 Å². The summed E-state index contributed by atoms with van der Waals surface area (Å²) in [4.78, 5) is 58.1. The molecule has 3 amide bonds. The summed E-state index contributed by atoms with van der Waals surface area (Å²) < 4.78 is 0. The largest absolute Gasteiger partial charge is 0.347 e. The first-order valence-electron chi connectivity index (χ1n) is 11.8. The van der Waals surface area contributed by atoms with E-state index in [9.17, 15) is 19.2 Å². The van der Waals surface area contributed by atoms with E-state index >= 15 is 0 Å². The van der Waals surface area contributed by atoms with Gasteiger partial charge in [-0.3, -0.25) is 19.2 Å². The fraction of sp³-hybridized carbons (Fsp3) is 0.462. The number of carbonyl (C=O) groups is 3. The van der Waals surface area contributed by atoms with Gasteiger partial charge in [0.2, 0.25) is 23.3 Å². The Morgan fingerprint density at radius 1 is 1.06 bits per heavy atom. The summed E-state index contributed by atoms with van der Waals surface area (Å²) in [6.07, 6.45) is 3.28. The van der Waals surface area contributed by atoms with Crippen LogP contribution < -0.4 is 10.9 Å². The Labute approximate surface area is 199 Å². The van der Waals surface area contributed by atoms with Crippen molar-refractivity contribution in [1.82, 2.24) is 20.1 Å². The minimum atomic E-state index is -1.01. The van der Waals surface area contributed by atoms with E-state index in [0.717, 1.165) is 0 Å². The smallest absolute Gasteiger partial charge is 0.249 e. The van der Waals surface area contributed by atoms with Crippen LogP contribution in [0.4, 0.5) is 0 Å². The molecule has 1 saturated heterocycles. The predicted molar refractivity (Wildman–Crippen MR) is 128 cm³/mol. The summed E-state index contributed by atoms with van der Waals surface area (Å²) in [6.45, 7) is 3.97. The Bertz CT molecular complexity index is 1110. The third kappa shape index (κ3) is 4.49. The maximum Gasteiger partial charge on any atom is 0.249 e. The van der Waals surface area contributed by atoms with Gasteiger partial charge in [-0.25, -0.2) is 0 Å². The van der Waals surface area contributed by atoms with Crippen LogP contribution in [0, 0.1) is 11.8 Å². The highest BCUT2D eigenvalue weighted by molar-refractivity contribution is 6.00. The van der Waals surface area contributed by atoms with Crippen LogP contribution in [0.3, 0.4) is 0 Å². The van der Waals surface area contributed by atoms with E-state index < -0.39 is 18.1 Å². The lowest BCUT2D eigenvalue weighted by molar-refractivity contribution is -0.159. The number of aromatic amines is 1. The van der Waals surface area contributed by atoms with Crippen LogP contribution in [-0.2, 0) is 27.2 Å². The van der Waals surface area contributed by atoms with E-state index in [1.54, 1.807) is 20.2 Å². The predicted octanol–water partition coefficient (Wildman–Crippen LogP) is 1.66. The van der Waals surface area contributed by atoms with Crippen LogP contribution in [0.2, 0.25) is 0 Å². The van der Waals surface area contributed by atoms with Crippen LogP contribution in [0.5, 0.6) is 0 Å². The Balaban J connectivity index is 1.76. The number of hydrogen-bond acceptors (Lipinski definition) is 4. The minimum Gasteiger partial charge on any atom is -0.347 e. The maximum atomic E-state index is 14.1. The first kappa shape index (κ1) is 23.7. The number of fused-ring (bicyclic) bond motifs is 1. The molecule has 2 aliphatic rings. The molecule has 180 valence electrons. The van der Waals surface area contributed by atoms with Crippen molar-refractivity contribution in [2.24, 2.45) is 11.8 Å². The zero-order valence-electron chi connectivity index (χ0n) is 20.1. The monoisotopic (exact) mass is 464 g/mol. The molecule has 34 heavy (non-hydrogen) atoms. The van der Waals surface area contributed by atoms with Gasteiger partial charge in [-0.2, -0.15) is 0 Å². The van der Waals surface area contributed by atoms with Gasteiger partial charge in [0.1, 0.15) is 18.1 Å². The van der Waals surface area contributed by atoms with Crippen LogP contribution in [0.25, 0.3) is 0 Å². The molecular weight excluding hydrogens is 432 g/mol. The van der Waals surface area contributed by atoms with E-state index in [1.807, 2.05) is 26.0 Å². The van der Waals surface area contributed by atoms with Crippen LogP contribution >= 0.6 is 0 Å². The number of hydrogen-bond donors (Lipinski definition) is 2. The second-order valence-corrected chi connectivity index (χ2v) is 9.94. The zero-order chi connectivity index (χ0) is 24.6. The summed E-state index contributed by atoms with van der Waals surface area (Å²) in [6, 6.07) is 8.45. The van der Waals surface area contributed by atoms with Crippen molar-refractivity contribution < 1.29 is 14.4 Å². The average Bonchev–Trinajstić information content (AvgIpc) is 3.22. The van der Waals surface area contributed by atoms with Crippen molar-refractivity contribution in [3.63, 3.8) is 0 Å². The molecule has 2 aromatic rings. The quantitative estimate of drug-likeness (QED) is 0.679. The molecule has 8 nitrogen and oxygen atoms in total. The summed E-state index contributed by atoms with van der Waals surface area (Å²) >= 11 is 0. The van der Waals surface area contributed by atoms with Gasteiger partial charge in [0.05, 0.1) is 0 Å². The molecule has 1 aromatic heterocycles. The van der Waals surface area contributed by atoms with Gasteiger partial charge in [0.15, 0.2) is 0 Å². The first-order chi connectivity index (χ1) is 16.2. The highest BCUT2D eigenvalue weighted by atomic mass is 16.2. The number of nitrogens with one attached hydrogen (secondary N) is 2. The van der Waals surface area contributed by atoms with Gasteiger partial charge in [0.25, 0.3) is 0 Å². The summed E-state index contributed by atoms with van der Waals surface area (Å²) in [5.74, 6) is -0.770. The zero-order valence-corrected chi connectivity index (χ0v) is 20.1. The molecule has 2 N–H and O–H groups in total. The van der Waals surface area contributed by atoms with Crippen molar-refractivity contribution >= 4 is 17.7 Å². The number of aromatic nitrogens is 1. The Morgan fingerprint density at radius 3 is 2.24 bits per heavy atom.